The van der Waals surface area contributed by atoms with Crippen LogP contribution in [0.5, 0.6) is 0 Å². The van der Waals surface area contributed by atoms with Crippen LogP contribution < -0.4 is 5.32 Å². The van der Waals surface area contributed by atoms with Gasteiger partial charge in [0.1, 0.15) is 0 Å². The lowest BCUT2D eigenvalue weighted by atomic mass is 9.85. The molecule has 1 aromatic carbocycles. The van der Waals surface area contributed by atoms with Gasteiger partial charge in [0, 0.05) is 23.7 Å². The van der Waals surface area contributed by atoms with Gasteiger partial charge in [0.05, 0.1) is 11.8 Å². The fraction of sp³-hybridized carbons (Fsp3) is 0.389. The molecule has 1 heterocycles. The largest absolute Gasteiger partial charge is 0.326 e. The van der Waals surface area contributed by atoms with Gasteiger partial charge in [0.25, 0.3) is 0 Å². The fourth-order valence-corrected chi connectivity index (χ4v) is 3.37. The quantitative estimate of drug-likeness (QED) is 0.658. The van der Waals surface area contributed by atoms with Crippen molar-refractivity contribution in [2.45, 2.75) is 25.7 Å². The smallest absolute Gasteiger partial charge is 0.233 e. The van der Waals surface area contributed by atoms with Gasteiger partial charge in [-0.15, -0.1) is 0 Å². The summed E-state index contributed by atoms with van der Waals surface area (Å²) in [5.41, 5.74) is 0.676. The van der Waals surface area contributed by atoms with Crippen molar-refractivity contribution in [3.05, 3.63) is 41.4 Å². The van der Waals surface area contributed by atoms with Crippen LogP contribution in [-0.2, 0) is 14.4 Å². The first kappa shape index (κ1) is 16.7. The zero-order valence-corrected chi connectivity index (χ0v) is 14.0. The lowest BCUT2D eigenvalue weighted by Crippen LogP contribution is -2.32. The van der Waals surface area contributed by atoms with E-state index in [-0.39, 0.29) is 36.0 Å². The fourth-order valence-electron chi connectivity index (χ4n) is 3.24. The molecule has 1 saturated heterocycles. The second-order valence-corrected chi connectivity index (χ2v) is 6.58. The maximum atomic E-state index is 12.3. The van der Waals surface area contributed by atoms with Gasteiger partial charge >= 0.3 is 0 Å². The highest BCUT2D eigenvalue weighted by molar-refractivity contribution is 6.30. The highest BCUT2D eigenvalue weighted by atomic mass is 35.5. The second-order valence-electron chi connectivity index (χ2n) is 6.14. The van der Waals surface area contributed by atoms with Crippen molar-refractivity contribution < 1.29 is 14.4 Å². The normalized spacial score (nSPS) is 22.6. The van der Waals surface area contributed by atoms with Crippen molar-refractivity contribution in [2.75, 3.05) is 11.9 Å². The SMILES string of the molecule is O=C(CCCN1C(=O)[C@H]2CC=CC[C@H]2C1=O)Nc1ccc(Cl)cc1. The van der Waals surface area contributed by atoms with Gasteiger partial charge in [0.2, 0.25) is 17.7 Å². The minimum absolute atomic E-state index is 0.0903. The molecule has 1 N–H and O–H groups in total. The minimum atomic E-state index is -0.203. The van der Waals surface area contributed by atoms with Gasteiger partial charge in [-0.25, -0.2) is 0 Å². The number of carbonyl (C=O) groups excluding carboxylic acids is 3. The molecule has 5 nitrogen and oxygen atoms in total. The van der Waals surface area contributed by atoms with Crippen LogP contribution in [0.2, 0.25) is 5.02 Å². The highest BCUT2D eigenvalue weighted by Crippen LogP contribution is 2.35. The van der Waals surface area contributed by atoms with Crippen molar-refractivity contribution in [3.63, 3.8) is 0 Å². The summed E-state index contributed by atoms with van der Waals surface area (Å²) in [6.45, 7) is 0.304. The number of benzene rings is 1. The number of allylic oxidation sites excluding steroid dienone is 2. The van der Waals surface area contributed by atoms with Crippen molar-refractivity contribution in [1.82, 2.24) is 4.90 Å². The van der Waals surface area contributed by atoms with Crippen molar-refractivity contribution in [3.8, 4) is 0 Å². The Kier molecular flexibility index (Phi) is 5.00. The third-order valence-electron chi connectivity index (χ3n) is 4.51. The van der Waals surface area contributed by atoms with E-state index in [2.05, 4.69) is 5.32 Å². The number of nitrogens with one attached hydrogen (secondary N) is 1. The van der Waals surface area contributed by atoms with E-state index in [1.54, 1.807) is 24.3 Å². The first-order valence-electron chi connectivity index (χ1n) is 8.12. The summed E-state index contributed by atoms with van der Waals surface area (Å²) in [6, 6.07) is 6.86. The number of anilines is 1. The third-order valence-corrected chi connectivity index (χ3v) is 4.76. The molecule has 0 radical (unpaired) electrons. The molecular formula is C18H19ClN2O3. The van der Waals surface area contributed by atoms with Crippen molar-refractivity contribution >= 4 is 35.0 Å². The van der Waals surface area contributed by atoms with E-state index in [0.29, 0.717) is 36.5 Å². The van der Waals surface area contributed by atoms with Crippen LogP contribution in [0.1, 0.15) is 25.7 Å². The lowest BCUT2D eigenvalue weighted by molar-refractivity contribution is -0.140. The topological polar surface area (TPSA) is 66.5 Å². The van der Waals surface area contributed by atoms with Gasteiger partial charge < -0.3 is 5.32 Å². The lowest BCUT2D eigenvalue weighted by Gasteiger charge is -2.14. The van der Waals surface area contributed by atoms with Gasteiger partial charge in [-0.3, -0.25) is 19.3 Å². The average Bonchev–Trinajstić information content (AvgIpc) is 2.82. The molecule has 2 aliphatic rings. The molecule has 6 heteroatoms. The molecule has 0 unspecified atom stereocenters. The van der Waals surface area contributed by atoms with Crippen LogP contribution in [0.4, 0.5) is 5.69 Å². The number of rotatable bonds is 5. The summed E-state index contributed by atoms with van der Waals surface area (Å²) >= 11 is 5.80. The van der Waals surface area contributed by atoms with E-state index in [4.69, 9.17) is 11.6 Å². The zero-order chi connectivity index (χ0) is 17.1. The number of fused-ring (bicyclic) bond motifs is 1. The predicted octanol–water partition coefficient (Wildman–Crippen LogP) is 3.01. The van der Waals surface area contributed by atoms with Crippen LogP contribution in [0.25, 0.3) is 0 Å². The monoisotopic (exact) mass is 346 g/mol. The van der Waals surface area contributed by atoms with E-state index >= 15 is 0 Å². The molecule has 0 spiro atoms. The van der Waals surface area contributed by atoms with E-state index < -0.39 is 0 Å². The van der Waals surface area contributed by atoms with E-state index in [1.165, 1.54) is 4.90 Å². The Morgan fingerprint density at radius 1 is 1.08 bits per heavy atom. The maximum Gasteiger partial charge on any atom is 0.233 e. The molecule has 3 amide bonds. The number of likely N-dealkylation sites (tertiary alicyclic amines) is 1. The van der Waals surface area contributed by atoms with E-state index in [9.17, 15) is 14.4 Å². The second kappa shape index (κ2) is 7.18. The number of carbonyl (C=O) groups is 3. The van der Waals surface area contributed by atoms with E-state index in [1.807, 2.05) is 12.2 Å². The highest BCUT2D eigenvalue weighted by Gasteiger charge is 2.46. The first-order valence-corrected chi connectivity index (χ1v) is 8.49. The molecule has 126 valence electrons. The Labute approximate surface area is 145 Å². The molecule has 1 aliphatic heterocycles. The molecule has 1 aliphatic carbocycles. The van der Waals surface area contributed by atoms with E-state index in [0.717, 1.165) is 0 Å². The minimum Gasteiger partial charge on any atom is -0.326 e. The van der Waals surface area contributed by atoms with Crippen LogP contribution in [0, 0.1) is 11.8 Å². The molecule has 0 saturated carbocycles. The van der Waals surface area contributed by atoms with Gasteiger partial charge in [0.15, 0.2) is 0 Å². The summed E-state index contributed by atoms with van der Waals surface area (Å²) in [5, 5.41) is 3.38. The molecule has 1 aromatic rings. The Hall–Kier alpha value is -2.14. The number of nitrogens with zero attached hydrogens (tertiary/aromatic N) is 1. The van der Waals surface area contributed by atoms with Crippen LogP contribution in [-0.4, -0.2) is 29.2 Å². The average molecular weight is 347 g/mol. The number of imide groups is 1. The third kappa shape index (κ3) is 3.51. The molecule has 3 rings (SSSR count). The number of hydrogen-bond acceptors (Lipinski definition) is 3. The Balaban J connectivity index is 1.48. The van der Waals surface area contributed by atoms with Gasteiger partial charge in [-0.2, -0.15) is 0 Å². The molecule has 24 heavy (non-hydrogen) atoms. The van der Waals surface area contributed by atoms with Crippen molar-refractivity contribution in [1.29, 1.82) is 0 Å². The first-order chi connectivity index (χ1) is 11.6. The zero-order valence-electron chi connectivity index (χ0n) is 13.2. The maximum absolute atomic E-state index is 12.3. The molecule has 0 bridgehead atoms. The standard InChI is InChI=1S/C18H19ClN2O3/c19-12-7-9-13(10-8-12)20-16(22)6-3-11-21-17(23)14-4-1-2-5-15(14)18(21)24/h1-2,7-10,14-15H,3-6,11H2,(H,20,22)/t14-,15+. The summed E-state index contributed by atoms with van der Waals surface area (Å²) in [7, 11) is 0. The van der Waals surface area contributed by atoms with Gasteiger partial charge in [-0.1, -0.05) is 23.8 Å². The van der Waals surface area contributed by atoms with Crippen LogP contribution in [0.3, 0.4) is 0 Å². The molecule has 2 atom stereocenters. The summed E-state index contributed by atoms with van der Waals surface area (Å²) in [6.07, 6.45) is 5.94. The van der Waals surface area contributed by atoms with Gasteiger partial charge in [-0.05, 0) is 43.5 Å². The molecular weight excluding hydrogens is 328 g/mol. The number of hydrogen-bond donors (Lipinski definition) is 1. The number of halogens is 1. The Bertz CT molecular complexity index is 658. The molecule has 0 aromatic heterocycles. The van der Waals surface area contributed by atoms with Crippen LogP contribution in [0.15, 0.2) is 36.4 Å². The number of amides is 3. The van der Waals surface area contributed by atoms with Crippen molar-refractivity contribution in [2.24, 2.45) is 11.8 Å². The Morgan fingerprint density at radius 2 is 1.67 bits per heavy atom. The Morgan fingerprint density at radius 3 is 2.25 bits per heavy atom. The summed E-state index contributed by atoms with van der Waals surface area (Å²) in [5.74, 6) is -0.730. The molecule has 1 fully saturated rings. The van der Waals surface area contributed by atoms with Crippen LogP contribution >= 0.6 is 11.6 Å². The summed E-state index contributed by atoms with van der Waals surface area (Å²) < 4.78 is 0. The summed E-state index contributed by atoms with van der Waals surface area (Å²) in [4.78, 5) is 37.9. The predicted molar refractivity (Wildman–Crippen MR) is 91.4 cm³/mol.